The molecular formula is C11H12N2O5S. The molecule has 102 valence electrons. The van der Waals surface area contributed by atoms with Crippen LogP contribution in [0.2, 0.25) is 0 Å². The average molecular weight is 284 g/mol. The Morgan fingerprint density at radius 3 is 2.53 bits per heavy atom. The maximum atomic E-state index is 11.9. The number of carbonyl (C=O) groups is 1. The van der Waals surface area contributed by atoms with Crippen LogP contribution in [-0.4, -0.2) is 25.7 Å². The zero-order valence-corrected chi connectivity index (χ0v) is 10.9. The average Bonchev–Trinajstić information content (AvgIpc) is 2.35. The van der Waals surface area contributed by atoms with Gasteiger partial charge >= 0.3 is 0 Å². The molecular weight excluding hydrogens is 272 g/mol. The van der Waals surface area contributed by atoms with Crippen LogP contribution in [0.4, 0.5) is 5.69 Å². The lowest BCUT2D eigenvalue weighted by Crippen LogP contribution is -2.30. The summed E-state index contributed by atoms with van der Waals surface area (Å²) >= 11 is 0. The summed E-state index contributed by atoms with van der Waals surface area (Å²) in [6.07, 6.45) is 0. The molecule has 0 aromatic heterocycles. The van der Waals surface area contributed by atoms with E-state index >= 15 is 0 Å². The van der Waals surface area contributed by atoms with Crippen LogP contribution in [0.25, 0.3) is 0 Å². The van der Waals surface area contributed by atoms with Gasteiger partial charge in [-0.05, 0) is 18.6 Å². The van der Waals surface area contributed by atoms with Gasteiger partial charge in [0.25, 0.3) is 5.69 Å². The molecule has 1 rings (SSSR count). The van der Waals surface area contributed by atoms with Crippen molar-refractivity contribution >= 4 is 21.5 Å². The van der Waals surface area contributed by atoms with E-state index in [4.69, 9.17) is 0 Å². The summed E-state index contributed by atoms with van der Waals surface area (Å²) in [5, 5.41) is 10.7. The number of nitro benzene ring substituents is 1. The zero-order chi connectivity index (χ0) is 14.6. The van der Waals surface area contributed by atoms with Gasteiger partial charge in [-0.15, -0.1) is 0 Å². The van der Waals surface area contributed by atoms with Gasteiger partial charge in [0.1, 0.15) is 0 Å². The van der Waals surface area contributed by atoms with Crippen LogP contribution in [0.1, 0.15) is 6.92 Å². The number of ketones is 1. The molecule has 0 aliphatic heterocycles. The highest BCUT2D eigenvalue weighted by molar-refractivity contribution is 7.89. The second-order valence-electron chi connectivity index (χ2n) is 3.75. The molecule has 0 saturated carbocycles. The molecule has 0 unspecified atom stereocenters. The number of nitrogens with zero attached hydrogens (tertiary/aromatic N) is 1. The Balaban J connectivity index is 3.05. The lowest BCUT2D eigenvalue weighted by molar-refractivity contribution is -0.387. The van der Waals surface area contributed by atoms with E-state index in [1.807, 2.05) is 4.72 Å². The van der Waals surface area contributed by atoms with Crippen LogP contribution in [0.15, 0.2) is 41.3 Å². The normalized spacial score (nSPS) is 11.0. The third-order valence-electron chi connectivity index (χ3n) is 2.25. The maximum Gasteiger partial charge on any atom is 0.289 e. The molecule has 1 N–H and O–H groups in total. The van der Waals surface area contributed by atoms with E-state index in [9.17, 15) is 23.3 Å². The van der Waals surface area contributed by atoms with Gasteiger partial charge in [0.15, 0.2) is 10.7 Å². The molecule has 0 spiro atoms. The predicted octanol–water partition coefficient (Wildman–Crippen LogP) is 1.02. The fraction of sp³-hybridized carbons (Fsp3) is 0.182. The highest BCUT2D eigenvalue weighted by Crippen LogP contribution is 2.22. The third-order valence-corrected chi connectivity index (χ3v) is 3.70. The van der Waals surface area contributed by atoms with Gasteiger partial charge in [0, 0.05) is 6.07 Å². The molecule has 19 heavy (non-hydrogen) atoms. The van der Waals surface area contributed by atoms with E-state index in [1.54, 1.807) is 0 Å². The first-order valence-corrected chi connectivity index (χ1v) is 6.66. The topological polar surface area (TPSA) is 106 Å². The third kappa shape index (κ3) is 3.70. The van der Waals surface area contributed by atoms with E-state index in [0.29, 0.717) is 0 Å². The molecule has 0 saturated heterocycles. The highest BCUT2D eigenvalue weighted by Gasteiger charge is 2.25. The lowest BCUT2D eigenvalue weighted by Gasteiger charge is -2.06. The van der Waals surface area contributed by atoms with Crippen molar-refractivity contribution in [3.8, 4) is 0 Å². The van der Waals surface area contributed by atoms with Crippen LogP contribution < -0.4 is 4.72 Å². The molecule has 7 nitrogen and oxygen atoms in total. The number of Topliss-reactive ketones (excluding diaryl/α,β-unsaturated/α-hetero) is 1. The van der Waals surface area contributed by atoms with Crippen molar-refractivity contribution in [2.45, 2.75) is 11.8 Å². The molecule has 0 aliphatic carbocycles. The Morgan fingerprint density at radius 2 is 2.00 bits per heavy atom. The van der Waals surface area contributed by atoms with Gasteiger partial charge in [-0.1, -0.05) is 18.7 Å². The molecule has 0 bridgehead atoms. The minimum Gasteiger partial charge on any atom is -0.293 e. The van der Waals surface area contributed by atoms with E-state index in [0.717, 1.165) is 12.1 Å². The van der Waals surface area contributed by atoms with E-state index in [2.05, 4.69) is 6.58 Å². The van der Waals surface area contributed by atoms with Crippen molar-refractivity contribution in [3.05, 3.63) is 46.5 Å². The lowest BCUT2D eigenvalue weighted by atomic mass is 10.2. The molecule has 0 atom stereocenters. The van der Waals surface area contributed by atoms with Crippen LogP contribution in [0, 0.1) is 10.1 Å². The fourth-order valence-corrected chi connectivity index (χ4v) is 2.38. The smallest absolute Gasteiger partial charge is 0.289 e. The summed E-state index contributed by atoms with van der Waals surface area (Å²) < 4.78 is 25.8. The summed E-state index contributed by atoms with van der Waals surface area (Å²) in [5.41, 5.74) is -0.344. The van der Waals surface area contributed by atoms with Crippen molar-refractivity contribution < 1.29 is 18.1 Å². The Bertz CT molecular complexity index is 636. The predicted molar refractivity (Wildman–Crippen MR) is 68.1 cm³/mol. The first kappa shape index (κ1) is 15.0. The number of nitro groups is 1. The van der Waals surface area contributed by atoms with Crippen molar-refractivity contribution in [2.75, 3.05) is 6.54 Å². The molecule has 0 amide bonds. The highest BCUT2D eigenvalue weighted by atomic mass is 32.2. The second-order valence-corrected chi connectivity index (χ2v) is 5.49. The first-order chi connectivity index (χ1) is 8.75. The molecule has 1 aromatic carbocycles. The van der Waals surface area contributed by atoms with Crippen molar-refractivity contribution in [1.29, 1.82) is 0 Å². The summed E-state index contributed by atoms with van der Waals surface area (Å²) in [6, 6.07) is 4.90. The summed E-state index contributed by atoms with van der Waals surface area (Å²) in [7, 11) is -4.12. The van der Waals surface area contributed by atoms with Gasteiger partial charge in [-0.25, -0.2) is 13.1 Å². The van der Waals surface area contributed by atoms with Crippen LogP contribution in [0.3, 0.4) is 0 Å². The van der Waals surface area contributed by atoms with Gasteiger partial charge < -0.3 is 0 Å². The minimum absolute atomic E-state index is 0.199. The van der Waals surface area contributed by atoms with Crippen molar-refractivity contribution in [3.63, 3.8) is 0 Å². The molecule has 0 fully saturated rings. The Hall–Kier alpha value is -2.06. The largest absolute Gasteiger partial charge is 0.293 e. The molecule has 0 aliphatic rings. The number of hydrogen-bond donors (Lipinski definition) is 1. The van der Waals surface area contributed by atoms with Crippen molar-refractivity contribution in [2.24, 2.45) is 0 Å². The standard InChI is InChI=1S/C11H12N2O5S/c1-8(2)10(14)7-12-19(17,18)11-6-4-3-5-9(11)13(15)16/h3-6,12H,1,7H2,2H3. The van der Waals surface area contributed by atoms with E-state index in [1.165, 1.54) is 19.1 Å². The zero-order valence-electron chi connectivity index (χ0n) is 10.1. The van der Waals surface area contributed by atoms with Gasteiger partial charge in [0.2, 0.25) is 10.0 Å². The number of hydrogen-bond acceptors (Lipinski definition) is 5. The number of rotatable bonds is 6. The van der Waals surface area contributed by atoms with Gasteiger partial charge in [0.05, 0.1) is 11.5 Å². The van der Waals surface area contributed by atoms with Crippen LogP contribution in [0.5, 0.6) is 0 Å². The Labute approximate surface area is 110 Å². The van der Waals surface area contributed by atoms with Gasteiger partial charge in [-0.2, -0.15) is 0 Å². The van der Waals surface area contributed by atoms with E-state index in [-0.39, 0.29) is 5.57 Å². The molecule has 1 aromatic rings. The number of nitrogens with one attached hydrogen (secondary N) is 1. The Morgan fingerprint density at radius 1 is 1.42 bits per heavy atom. The summed E-state index contributed by atoms with van der Waals surface area (Å²) in [4.78, 5) is 20.8. The van der Waals surface area contributed by atoms with Gasteiger partial charge in [-0.3, -0.25) is 14.9 Å². The van der Waals surface area contributed by atoms with Crippen LogP contribution >= 0.6 is 0 Å². The monoisotopic (exact) mass is 284 g/mol. The fourth-order valence-electron chi connectivity index (χ4n) is 1.22. The number of benzene rings is 1. The minimum atomic E-state index is -4.12. The van der Waals surface area contributed by atoms with E-state index < -0.39 is 37.9 Å². The summed E-state index contributed by atoms with van der Waals surface area (Å²) in [5.74, 6) is -0.484. The summed E-state index contributed by atoms with van der Waals surface area (Å²) in [6.45, 7) is 4.35. The number of carbonyl (C=O) groups excluding carboxylic acids is 1. The molecule has 0 heterocycles. The quantitative estimate of drug-likeness (QED) is 0.477. The Kier molecular flexibility index (Phi) is 4.52. The molecule has 0 radical (unpaired) electrons. The SMILES string of the molecule is C=C(C)C(=O)CNS(=O)(=O)c1ccccc1[N+](=O)[O-]. The number of sulfonamides is 1. The first-order valence-electron chi connectivity index (χ1n) is 5.17. The molecule has 8 heteroatoms. The second kappa shape index (κ2) is 5.72. The van der Waals surface area contributed by atoms with Crippen LogP contribution in [-0.2, 0) is 14.8 Å². The van der Waals surface area contributed by atoms with Crippen molar-refractivity contribution in [1.82, 2.24) is 4.72 Å². The number of para-hydroxylation sites is 1. The maximum absolute atomic E-state index is 11.9.